The molecule has 2 aromatic rings. The first kappa shape index (κ1) is 15.3. The fourth-order valence-corrected chi connectivity index (χ4v) is 1.99. The summed E-state index contributed by atoms with van der Waals surface area (Å²) in [4.78, 5) is 4.02. The van der Waals surface area contributed by atoms with Crippen molar-refractivity contribution in [3.05, 3.63) is 47.5 Å². The van der Waals surface area contributed by atoms with Gasteiger partial charge in [-0.15, -0.1) is 0 Å². The molecule has 21 heavy (non-hydrogen) atoms. The van der Waals surface area contributed by atoms with Gasteiger partial charge in [0.15, 0.2) is 0 Å². The van der Waals surface area contributed by atoms with Gasteiger partial charge in [0.1, 0.15) is 10.8 Å². The Balaban J connectivity index is 2.27. The van der Waals surface area contributed by atoms with Crippen LogP contribution in [0.15, 0.2) is 30.6 Å². The molecule has 0 bridgehead atoms. The van der Waals surface area contributed by atoms with E-state index in [9.17, 15) is 13.2 Å². The molecule has 0 amide bonds. The second-order valence-electron chi connectivity index (χ2n) is 4.43. The van der Waals surface area contributed by atoms with E-state index in [0.717, 1.165) is 18.0 Å². The molecule has 1 heterocycles. The van der Waals surface area contributed by atoms with Crippen LogP contribution in [-0.4, -0.2) is 14.5 Å². The van der Waals surface area contributed by atoms with Gasteiger partial charge in [0.25, 0.3) is 0 Å². The van der Waals surface area contributed by atoms with E-state index in [1.54, 1.807) is 17.0 Å². The molecule has 0 aliphatic heterocycles. The van der Waals surface area contributed by atoms with E-state index < -0.39 is 11.7 Å². The number of nitrogens with two attached hydrogens (primary N) is 1. The zero-order valence-corrected chi connectivity index (χ0v) is 11.9. The Morgan fingerprint density at radius 1 is 1.43 bits per heavy atom. The lowest BCUT2D eigenvalue weighted by atomic mass is 10.1. The van der Waals surface area contributed by atoms with E-state index in [1.807, 2.05) is 7.05 Å². The Labute approximate surface area is 124 Å². The van der Waals surface area contributed by atoms with Gasteiger partial charge in [0.2, 0.25) is 0 Å². The topological polar surface area (TPSA) is 55.9 Å². The van der Waals surface area contributed by atoms with Gasteiger partial charge in [-0.2, -0.15) is 13.2 Å². The summed E-state index contributed by atoms with van der Waals surface area (Å²) in [6, 6.07) is 3.26. The normalized spacial score (nSPS) is 11.4. The standard InChI is InChI=1S/C13H13F3N4S/c1-20-5-4-18-11(20)7-19-10-3-2-8(13(14,15)16)6-9(10)12(17)21/h2-6,19H,7H2,1H3,(H2,17,21). The predicted molar refractivity (Wildman–Crippen MR) is 77.9 cm³/mol. The molecule has 1 aromatic carbocycles. The van der Waals surface area contributed by atoms with Crippen LogP contribution in [0.5, 0.6) is 0 Å². The van der Waals surface area contributed by atoms with Crippen molar-refractivity contribution in [1.82, 2.24) is 9.55 Å². The third kappa shape index (κ3) is 3.52. The minimum absolute atomic E-state index is 0.0940. The van der Waals surface area contributed by atoms with Crippen molar-refractivity contribution in [3.63, 3.8) is 0 Å². The summed E-state index contributed by atoms with van der Waals surface area (Å²) < 4.78 is 39.9. The summed E-state index contributed by atoms with van der Waals surface area (Å²) in [5.41, 5.74) is 5.33. The zero-order chi connectivity index (χ0) is 15.6. The zero-order valence-electron chi connectivity index (χ0n) is 11.1. The third-order valence-corrected chi connectivity index (χ3v) is 3.19. The second kappa shape index (κ2) is 5.72. The first-order valence-electron chi connectivity index (χ1n) is 6.00. The fraction of sp³-hybridized carbons (Fsp3) is 0.231. The van der Waals surface area contributed by atoms with E-state index >= 15 is 0 Å². The van der Waals surface area contributed by atoms with Gasteiger partial charge in [-0.3, -0.25) is 0 Å². The van der Waals surface area contributed by atoms with Gasteiger partial charge in [-0.25, -0.2) is 4.98 Å². The second-order valence-corrected chi connectivity index (χ2v) is 4.87. The van der Waals surface area contributed by atoms with Crippen molar-refractivity contribution in [3.8, 4) is 0 Å². The van der Waals surface area contributed by atoms with E-state index in [0.29, 0.717) is 12.2 Å². The molecular formula is C13H13F3N4S. The maximum Gasteiger partial charge on any atom is 0.416 e. The molecule has 8 heteroatoms. The Kier molecular flexibility index (Phi) is 4.17. The molecule has 0 aliphatic rings. The first-order chi connectivity index (χ1) is 9.79. The van der Waals surface area contributed by atoms with Crippen LogP contribution < -0.4 is 11.1 Å². The van der Waals surface area contributed by atoms with Crippen LogP contribution in [0.25, 0.3) is 0 Å². The summed E-state index contributed by atoms with van der Waals surface area (Å²) in [6.45, 7) is 0.352. The molecule has 0 atom stereocenters. The predicted octanol–water partition coefficient (Wildman–Crippen LogP) is 2.69. The fourth-order valence-electron chi connectivity index (χ4n) is 1.82. The van der Waals surface area contributed by atoms with Crippen molar-refractivity contribution in [2.45, 2.75) is 12.7 Å². The molecule has 0 saturated heterocycles. The van der Waals surface area contributed by atoms with Crippen LogP contribution in [0.3, 0.4) is 0 Å². The maximum atomic E-state index is 12.7. The molecule has 0 unspecified atom stereocenters. The molecule has 2 rings (SSSR count). The number of alkyl halides is 3. The molecule has 0 fully saturated rings. The Bertz CT molecular complexity index is 664. The summed E-state index contributed by atoms with van der Waals surface area (Å²) >= 11 is 4.82. The van der Waals surface area contributed by atoms with Crippen LogP contribution in [-0.2, 0) is 19.8 Å². The van der Waals surface area contributed by atoms with E-state index in [2.05, 4.69) is 10.3 Å². The smallest absolute Gasteiger partial charge is 0.389 e. The van der Waals surface area contributed by atoms with Gasteiger partial charge >= 0.3 is 6.18 Å². The SMILES string of the molecule is Cn1ccnc1CNc1ccc(C(F)(F)F)cc1C(N)=S. The highest BCUT2D eigenvalue weighted by atomic mass is 32.1. The average Bonchev–Trinajstić information content (AvgIpc) is 2.80. The number of benzene rings is 1. The van der Waals surface area contributed by atoms with Gasteiger partial charge in [0.05, 0.1) is 12.1 Å². The molecule has 0 radical (unpaired) electrons. The van der Waals surface area contributed by atoms with Gasteiger partial charge in [-0.1, -0.05) is 12.2 Å². The van der Waals surface area contributed by atoms with Crippen molar-refractivity contribution < 1.29 is 13.2 Å². The molecular weight excluding hydrogens is 301 g/mol. The number of nitrogens with one attached hydrogen (secondary N) is 1. The molecule has 112 valence electrons. The number of anilines is 1. The Morgan fingerprint density at radius 2 is 2.14 bits per heavy atom. The van der Waals surface area contributed by atoms with Crippen LogP contribution in [0.1, 0.15) is 17.0 Å². The lowest BCUT2D eigenvalue weighted by Gasteiger charge is -2.14. The molecule has 1 aromatic heterocycles. The van der Waals surface area contributed by atoms with Crippen molar-refractivity contribution >= 4 is 22.9 Å². The summed E-state index contributed by atoms with van der Waals surface area (Å²) in [5.74, 6) is 0.740. The summed E-state index contributed by atoms with van der Waals surface area (Å²) in [7, 11) is 1.82. The van der Waals surface area contributed by atoms with Crippen LogP contribution >= 0.6 is 12.2 Å². The average molecular weight is 314 g/mol. The van der Waals surface area contributed by atoms with E-state index in [-0.39, 0.29) is 10.6 Å². The number of nitrogens with zero attached hydrogens (tertiary/aromatic N) is 2. The highest BCUT2D eigenvalue weighted by molar-refractivity contribution is 7.80. The first-order valence-corrected chi connectivity index (χ1v) is 6.41. The number of hydrogen-bond donors (Lipinski definition) is 2. The molecule has 3 N–H and O–H groups in total. The van der Waals surface area contributed by atoms with E-state index in [4.69, 9.17) is 18.0 Å². The minimum atomic E-state index is -4.43. The van der Waals surface area contributed by atoms with Gasteiger partial charge < -0.3 is 15.6 Å². The van der Waals surface area contributed by atoms with E-state index in [1.165, 1.54) is 6.07 Å². The molecule has 0 saturated carbocycles. The lowest BCUT2D eigenvalue weighted by Crippen LogP contribution is -2.16. The van der Waals surface area contributed by atoms with Crippen molar-refractivity contribution in [2.75, 3.05) is 5.32 Å². The van der Waals surface area contributed by atoms with Gasteiger partial charge in [0, 0.05) is 30.7 Å². The number of imidazole rings is 1. The van der Waals surface area contributed by atoms with Gasteiger partial charge in [-0.05, 0) is 18.2 Å². The monoisotopic (exact) mass is 314 g/mol. The maximum absolute atomic E-state index is 12.7. The molecule has 0 aliphatic carbocycles. The summed E-state index contributed by atoms with van der Waals surface area (Å²) in [5, 5.41) is 3.00. The minimum Gasteiger partial charge on any atom is -0.389 e. The van der Waals surface area contributed by atoms with Crippen molar-refractivity contribution in [2.24, 2.45) is 12.8 Å². The number of hydrogen-bond acceptors (Lipinski definition) is 3. The lowest BCUT2D eigenvalue weighted by molar-refractivity contribution is -0.137. The summed E-state index contributed by atoms with van der Waals surface area (Å²) in [6.07, 6.45) is -1.02. The number of aromatic nitrogens is 2. The van der Waals surface area contributed by atoms with Crippen LogP contribution in [0.4, 0.5) is 18.9 Å². The highest BCUT2D eigenvalue weighted by Crippen LogP contribution is 2.32. The third-order valence-electron chi connectivity index (χ3n) is 2.97. The van der Waals surface area contributed by atoms with Crippen molar-refractivity contribution in [1.29, 1.82) is 0 Å². The number of thiocarbonyl (C=S) groups is 1. The quantitative estimate of drug-likeness (QED) is 0.852. The number of halogens is 3. The number of rotatable bonds is 4. The molecule has 0 spiro atoms. The Morgan fingerprint density at radius 3 is 2.67 bits per heavy atom. The van der Waals surface area contributed by atoms with Crippen LogP contribution in [0.2, 0.25) is 0 Å². The largest absolute Gasteiger partial charge is 0.416 e. The van der Waals surface area contributed by atoms with Crippen LogP contribution in [0, 0.1) is 0 Å². The molecule has 4 nitrogen and oxygen atoms in total. The highest BCUT2D eigenvalue weighted by Gasteiger charge is 2.31. The number of aryl methyl sites for hydroxylation is 1. The Hall–Kier alpha value is -2.09.